The molecular weight excluding hydrogens is 360 g/mol. The predicted octanol–water partition coefficient (Wildman–Crippen LogP) is 4.47. The number of carbonyl (C=O) groups excluding carboxylic acids is 1. The lowest BCUT2D eigenvalue weighted by atomic mass is 10.0. The number of nitrogens with one attached hydrogen (secondary N) is 1. The van der Waals surface area contributed by atoms with E-state index in [0.717, 1.165) is 23.5 Å². The quantitative estimate of drug-likeness (QED) is 0.680. The van der Waals surface area contributed by atoms with Gasteiger partial charge in [-0.2, -0.15) is 0 Å². The number of nitrogens with zero attached hydrogens (tertiary/aromatic N) is 1. The molecule has 1 atom stereocenters. The van der Waals surface area contributed by atoms with Crippen molar-refractivity contribution in [2.24, 2.45) is 0 Å². The van der Waals surface area contributed by atoms with Crippen LogP contribution in [0.3, 0.4) is 0 Å². The molecule has 1 aliphatic rings. The van der Waals surface area contributed by atoms with E-state index in [4.69, 9.17) is 4.74 Å². The summed E-state index contributed by atoms with van der Waals surface area (Å²) in [7, 11) is 0. The third-order valence-corrected chi connectivity index (χ3v) is 5.25. The highest BCUT2D eigenvalue weighted by Crippen LogP contribution is 2.36. The summed E-state index contributed by atoms with van der Waals surface area (Å²) in [5.41, 5.74) is 4.53. The molecule has 1 amide bonds. The highest BCUT2D eigenvalue weighted by molar-refractivity contribution is 5.77. The van der Waals surface area contributed by atoms with Crippen molar-refractivity contribution in [3.63, 3.8) is 0 Å². The number of benzene rings is 3. The molecule has 1 unspecified atom stereocenters. The van der Waals surface area contributed by atoms with Gasteiger partial charge in [-0.15, -0.1) is 0 Å². The highest BCUT2D eigenvalue weighted by atomic mass is 16.5. The Kier molecular flexibility index (Phi) is 5.80. The zero-order chi connectivity index (χ0) is 20.1. The fourth-order valence-electron chi connectivity index (χ4n) is 3.69. The van der Waals surface area contributed by atoms with Crippen LogP contribution in [0.25, 0.3) is 0 Å². The summed E-state index contributed by atoms with van der Waals surface area (Å²) in [5.74, 6) is 0.929. The minimum atomic E-state index is -0.0128. The summed E-state index contributed by atoms with van der Waals surface area (Å²) >= 11 is 0. The molecule has 3 aromatic carbocycles. The van der Waals surface area contributed by atoms with E-state index in [9.17, 15) is 4.79 Å². The zero-order valence-electron chi connectivity index (χ0n) is 16.7. The van der Waals surface area contributed by atoms with Gasteiger partial charge in [-0.25, -0.2) is 0 Å². The van der Waals surface area contributed by atoms with Gasteiger partial charge in [0.15, 0.2) is 0 Å². The van der Waals surface area contributed by atoms with Crippen LogP contribution in [0.1, 0.15) is 23.1 Å². The van der Waals surface area contributed by atoms with Crippen molar-refractivity contribution in [3.05, 3.63) is 95.6 Å². The van der Waals surface area contributed by atoms with E-state index in [0.29, 0.717) is 19.6 Å². The lowest BCUT2D eigenvalue weighted by molar-refractivity contribution is -0.121. The number of amides is 1. The Morgan fingerprint density at radius 3 is 2.41 bits per heavy atom. The Morgan fingerprint density at radius 1 is 1.00 bits per heavy atom. The summed E-state index contributed by atoms with van der Waals surface area (Å²) in [6, 6.07) is 26.6. The summed E-state index contributed by atoms with van der Waals surface area (Å²) in [6.07, 6.45) is 0.396. The van der Waals surface area contributed by atoms with Crippen LogP contribution in [0.5, 0.6) is 5.75 Å². The SMILES string of the molecule is Cc1ccc2c(c1)OCC(CC(=O)NCc1ccccc1)N2Cc1ccccc1. The molecular formula is C25H26N2O2. The van der Waals surface area contributed by atoms with E-state index in [1.165, 1.54) is 11.1 Å². The van der Waals surface area contributed by atoms with Crippen LogP contribution in [0, 0.1) is 6.92 Å². The monoisotopic (exact) mass is 386 g/mol. The zero-order valence-corrected chi connectivity index (χ0v) is 16.7. The second kappa shape index (κ2) is 8.82. The number of hydrogen-bond donors (Lipinski definition) is 1. The average Bonchev–Trinajstić information content (AvgIpc) is 2.75. The minimum absolute atomic E-state index is 0.0128. The third kappa shape index (κ3) is 4.77. The molecule has 4 rings (SSSR count). The van der Waals surface area contributed by atoms with Gasteiger partial charge in [-0.05, 0) is 35.7 Å². The van der Waals surface area contributed by atoms with Crippen molar-refractivity contribution >= 4 is 11.6 Å². The number of carbonyl (C=O) groups is 1. The van der Waals surface area contributed by atoms with E-state index in [-0.39, 0.29) is 11.9 Å². The molecule has 29 heavy (non-hydrogen) atoms. The van der Waals surface area contributed by atoms with E-state index in [1.54, 1.807) is 0 Å². The van der Waals surface area contributed by atoms with Crippen molar-refractivity contribution in [2.75, 3.05) is 11.5 Å². The van der Waals surface area contributed by atoms with E-state index >= 15 is 0 Å². The van der Waals surface area contributed by atoms with Gasteiger partial charge < -0.3 is 15.0 Å². The number of fused-ring (bicyclic) bond motifs is 1. The minimum Gasteiger partial charge on any atom is -0.489 e. The second-order valence-electron chi connectivity index (χ2n) is 7.52. The summed E-state index contributed by atoms with van der Waals surface area (Å²) in [5, 5.41) is 3.04. The summed E-state index contributed by atoms with van der Waals surface area (Å²) < 4.78 is 6.03. The van der Waals surface area contributed by atoms with Crippen molar-refractivity contribution in [2.45, 2.75) is 32.5 Å². The first-order valence-corrected chi connectivity index (χ1v) is 10.0. The molecule has 0 fully saturated rings. The Hall–Kier alpha value is -3.27. The van der Waals surface area contributed by atoms with E-state index in [1.807, 2.05) is 48.5 Å². The van der Waals surface area contributed by atoms with Gasteiger partial charge in [-0.3, -0.25) is 4.79 Å². The van der Waals surface area contributed by atoms with Gasteiger partial charge >= 0.3 is 0 Å². The molecule has 0 aliphatic carbocycles. The first-order chi connectivity index (χ1) is 14.2. The van der Waals surface area contributed by atoms with Crippen LogP contribution in [0.2, 0.25) is 0 Å². The highest BCUT2D eigenvalue weighted by Gasteiger charge is 2.29. The van der Waals surface area contributed by atoms with Crippen LogP contribution >= 0.6 is 0 Å². The van der Waals surface area contributed by atoms with Gasteiger partial charge in [0.2, 0.25) is 5.91 Å². The second-order valence-corrected chi connectivity index (χ2v) is 7.52. The molecule has 3 aromatic rings. The van der Waals surface area contributed by atoms with Crippen LogP contribution in [-0.2, 0) is 17.9 Å². The number of hydrogen-bond acceptors (Lipinski definition) is 3. The molecule has 0 saturated carbocycles. The molecule has 0 spiro atoms. The molecule has 0 saturated heterocycles. The van der Waals surface area contributed by atoms with Crippen molar-refractivity contribution in [1.82, 2.24) is 5.32 Å². The molecule has 0 radical (unpaired) electrons. The van der Waals surface area contributed by atoms with Crippen LogP contribution in [-0.4, -0.2) is 18.6 Å². The first-order valence-electron chi connectivity index (χ1n) is 10.0. The van der Waals surface area contributed by atoms with E-state index in [2.05, 4.69) is 47.5 Å². The Labute approximate surface area is 172 Å². The lowest BCUT2D eigenvalue weighted by Crippen LogP contribution is -2.45. The van der Waals surface area contributed by atoms with Crippen molar-refractivity contribution in [3.8, 4) is 5.75 Å². The topological polar surface area (TPSA) is 41.6 Å². The van der Waals surface area contributed by atoms with E-state index < -0.39 is 0 Å². The number of anilines is 1. The fraction of sp³-hybridized carbons (Fsp3) is 0.240. The first kappa shape index (κ1) is 19.1. The summed E-state index contributed by atoms with van der Waals surface area (Å²) in [4.78, 5) is 15.0. The molecule has 148 valence electrons. The van der Waals surface area contributed by atoms with Crippen molar-refractivity contribution in [1.29, 1.82) is 0 Å². The van der Waals surface area contributed by atoms with Crippen LogP contribution in [0.15, 0.2) is 78.9 Å². The molecule has 1 N–H and O–H groups in total. The maximum Gasteiger partial charge on any atom is 0.222 e. The molecule has 0 aromatic heterocycles. The smallest absolute Gasteiger partial charge is 0.222 e. The van der Waals surface area contributed by atoms with Gasteiger partial charge in [0, 0.05) is 13.1 Å². The van der Waals surface area contributed by atoms with Crippen molar-refractivity contribution < 1.29 is 9.53 Å². The average molecular weight is 386 g/mol. The van der Waals surface area contributed by atoms with Gasteiger partial charge in [0.05, 0.1) is 18.2 Å². The van der Waals surface area contributed by atoms with Gasteiger partial charge in [-0.1, -0.05) is 66.7 Å². The molecule has 4 nitrogen and oxygen atoms in total. The number of ether oxygens (including phenoxy) is 1. The Morgan fingerprint density at radius 2 is 1.69 bits per heavy atom. The lowest BCUT2D eigenvalue weighted by Gasteiger charge is -2.38. The third-order valence-electron chi connectivity index (χ3n) is 5.25. The fourth-order valence-corrected chi connectivity index (χ4v) is 3.69. The molecule has 0 bridgehead atoms. The summed E-state index contributed by atoms with van der Waals surface area (Å²) in [6.45, 7) is 3.86. The maximum absolute atomic E-state index is 12.7. The Balaban J connectivity index is 1.49. The molecule has 1 aliphatic heterocycles. The van der Waals surface area contributed by atoms with Crippen LogP contribution < -0.4 is 15.0 Å². The molecule has 4 heteroatoms. The number of rotatable bonds is 6. The molecule has 1 heterocycles. The van der Waals surface area contributed by atoms with Gasteiger partial charge in [0.25, 0.3) is 0 Å². The van der Waals surface area contributed by atoms with Crippen LogP contribution in [0.4, 0.5) is 5.69 Å². The standard InChI is InChI=1S/C25H26N2O2/c1-19-12-13-23-24(14-19)29-18-22(27(23)17-21-10-6-3-7-11-21)15-25(28)26-16-20-8-4-2-5-9-20/h2-14,22H,15-18H2,1H3,(H,26,28). The number of aryl methyl sites for hydroxylation is 1. The normalized spacial score (nSPS) is 15.3. The maximum atomic E-state index is 12.7. The van der Waals surface area contributed by atoms with Gasteiger partial charge in [0.1, 0.15) is 12.4 Å². The predicted molar refractivity (Wildman–Crippen MR) is 116 cm³/mol. The Bertz CT molecular complexity index is 957. The largest absolute Gasteiger partial charge is 0.489 e.